The van der Waals surface area contributed by atoms with E-state index in [-0.39, 0.29) is 94.1 Å². The molecule has 5 fully saturated rings. The fourth-order valence-corrected chi connectivity index (χ4v) is 9.71. The van der Waals surface area contributed by atoms with Crippen molar-refractivity contribution < 1.29 is 144 Å². The van der Waals surface area contributed by atoms with Crippen LogP contribution in [0.25, 0.3) is 0 Å². The zero-order valence-electron chi connectivity index (χ0n) is 55.5. The SMILES string of the molecule is C=C(C)C(=O)OC1(C(C)(O)C(C)C(=O)OC(C)(C)C)CCCC1.C=C(C)C(=O)OC1(C(C)=O)CCCC1.C=C(C)C(=O)OC1(C)C(C)C(=O)OC12CCCC2.C=C(C)C(=O)[O-].CC(=O)C1(Cl)CCCC1.CC(Br)C(=O)OC(C)(C)C.CS(=O)(=O)O.[Na+].[Zn]. The number of esters is 6. The number of hydrogen-bond acceptors (Lipinski definition) is 19. The summed E-state index contributed by atoms with van der Waals surface area (Å²) in [6.07, 6.45) is 14.1. The number of Topliss-reactive ketones (excluding diaryl/α,β-unsaturated/α-hetero) is 2. The molecule has 1 spiro atoms. The van der Waals surface area contributed by atoms with Crippen LogP contribution in [0.3, 0.4) is 0 Å². The van der Waals surface area contributed by atoms with Crippen molar-refractivity contribution in [2.75, 3.05) is 6.26 Å². The van der Waals surface area contributed by atoms with Gasteiger partial charge in [-0.3, -0.25) is 28.5 Å². The van der Waals surface area contributed by atoms with Crippen molar-refractivity contribution in [2.45, 2.75) is 269 Å². The van der Waals surface area contributed by atoms with Gasteiger partial charge in [-0.15, -0.1) is 11.6 Å². The first-order chi connectivity index (χ1) is 38.2. The Morgan fingerprint density at radius 1 is 0.644 bits per heavy atom. The van der Waals surface area contributed by atoms with E-state index in [1.54, 1.807) is 76.2 Å². The minimum atomic E-state index is -3.67. The number of ether oxygens (including phenoxy) is 6. The Bertz CT molecular complexity index is 2500. The number of aliphatic carboxylic acids is 1. The topological polar surface area (TPSA) is 307 Å². The second-order valence-corrected chi connectivity index (χ2v) is 28.6. The van der Waals surface area contributed by atoms with Crippen molar-refractivity contribution in [1.82, 2.24) is 0 Å². The maximum Gasteiger partial charge on any atom is 1.00 e. The van der Waals surface area contributed by atoms with Gasteiger partial charge in [-0.1, -0.05) is 55.1 Å². The summed E-state index contributed by atoms with van der Waals surface area (Å²) in [7, 11) is -3.67. The van der Waals surface area contributed by atoms with Gasteiger partial charge in [0, 0.05) is 36.2 Å². The predicted molar refractivity (Wildman–Crippen MR) is 326 cm³/mol. The summed E-state index contributed by atoms with van der Waals surface area (Å²) in [5.41, 5.74) is -4.95. The number of carbonyl (C=O) groups is 9. The van der Waals surface area contributed by atoms with Crippen molar-refractivity contribution in [2.24, 2.45) is 11.8 Å². The van der Waals surface area contributed by atoms with Gasteiger partial charge < -0.3 is 43.4 Å². The molecule has 490 valence electrons. The number of hydrogen-bond donors (Lipinski definition) is 2. The Kier molecular flexibility index (Phi) is 39.4. The first-order valence-electron chi connectivity index (χ1n) is 28.5. The van der Waals surface area contributed by atoms with Crippen molar-refractivity contribution in [1.29, 1.82) is 0 Å². The molecular weight excluding hydrogens is 1300 g/mol. The van der Waals surface area contributed by atoms with Crippen molar-refractivity contribution >= 4 is 91.0 Å². The van der Waals surface area contributed by atoms with Crippen LogP contribution in [0.5, 0.6) is 0 Å². The molecule has 0 radical (unpaired) electrons. The largest absolute Gasteiger partial charge is 1.00 e. The zero-order chi connectivity index (χ0) is 67.3. The molecule has 0 aromatic rings. The van der Waals surface area contributed by atoms with E-state index in [0.717, 1.165) is 77.0 Å². The first kappa shape index (κ1) is 90.3. The predicted octanol–water partition coefficient (Wildman–Crippen LogP) is 7.58. The molecule has 1 saturated heterocycles. The molecule has 2 N–H and O–H groups in total. The Hall–Kier alpha value is -3.15. The molecule has 87 heavy (non-hydrogen) atoms. The van der Waals surface area contributed by atoms with Crippen LogP contribution < -0.4 is 34.7 Å². The molecule has 4 aliphatic carbocycles. The summed E-state index contributed by atoms with van der Waals surface area (Å²) in [6, 6.07) is 0. The molecule has 5 aliphatic rings. The summed E-state index contributed by atoms with van der Waals surface area (Å²) in [5.74, 6) is -4.78. The average molecular weight is 1400 g/mol. The molecule has 0 bridgehead atoms. The maximum absolute atomic E-state index is 12.4. The molecule has 0 aromatic heterocycles. The normalized spacial score (nSPS) is 20.9. The van der Waals surface area contributed by atoms with Crippen LogP contribution in [0, 0.1) is 11.8 Å². The third-order valence-electron chi connectivity index (χ3n) is 14.8. The van der Waals surface area contributed by atoms with Gasteiger partial charge in [-0.25, -0.2) is 14.4 Å². The molecule has 20 nitrogen and oxygen atoms in total. The fraction of sp³-hybridized carbons (Fsp3) is 0.726. The van der Waals surface area contributed by atoms with Crippen molar-refractivity contribution in [3.63, 3.8) is 0 Å². The molecule has 5 unspecified atom stereocenters. The fourth-order valence-electron chi connectivity index (χ4n) is 9.35. The van der Waals surface area contributed by atoms with Gasteiger partial charge in [0.15, 0.2) is 28.4 Å². The summed E-state index contributed by atoms with van der Waals surface area (Å²) < 4.78 is 58.3. The third-order valence-corrected chi connectivity index (χ3v) is 15.8. The Balaban J connectivity index is -0.000000485. The number of halogens is 2. The van der Waals surface area contributed by atoms with E-state index in [9.17, 15) is 61.8 Å². The Morgan fingerprint density at radius 3 is 1.26 bits per heavy atom. The van der Waals surface area contributed by atoms with Crippen LogP contribution in [-0.4, -0.2) is 127 Å². The number of aliphatic hydroxyl groups is 1. The van der Waals surface area contributed by atoms with Gasteiger partial charge in [0.05, 0.1) is 24.1 Å². The van der Waals surface area contributed by atoms with E-state index in [4.69, 9.17) is 44.6 Å². The second kappa shape index (κ2) is 38.0. The Morgan fingerprint density at radius 2 is 0.966 bits per heavy atom. The van der Waals surface area contributed by atoms with E-state index in [2.05, 4.69) is 42.2 Å². The van der Waals surface area contributed by atoms with Crippen LogP contribution in [0.1, 0.15) is 220 Å². The first-order valence-corrected chi connectivity index (χ1v) is 31.6. The minimum absolute atomic E-state index is 0. The monoisotopic (exact) mass is 1400 g/mol. The van der Waals surface area contributed by atoms with E-state index in [1.807, 2.05) is 27.7 Å². The van der Waals surface area contributed by atoms with E-state index >= 15 is 0 Å². The number of carbonyl (C=O) groups excluding carboxylic acids is 9. The van der Waals surface area contributed by atoms with Gasteiger partial charge in [0.25, 0.3) is 10.1 Å². The number of carboxylic acid groups (broad SMARTS) is 1. The molecule has 5 atom stereocenters. The molecule has 5 rings (SSSR count). The van der Waals surface area contributed by atoms with Gasteiger partial charge in [0.1, 0.15) is 32.1 Å². The van der Waals surface area contributed by atoms with Crippen LogP contribution in [0.2, 0.25) is 0 Å². The van der Waals surface area contributed by atoms with E-state index in [1.165, 1.54) is 13.8 Å². The summed E-state index contributed by atoms with van der Waals surface area (Å²) in [6.45, 7) is 42.3. The van der Waals surface area contributed by atoms with Crippen LogP contribution in [-0.2, 0) is 101 Å². The van der Waals surface area contributed by atoms with Crippen molar-refractivity contribution in [3.8, 4) is 0 Å². The minimum Gasteiger partial charge on any atom is -0.545 e. The maximum atomic E-state index is 12.4. The van der Waals surface area contributed by atoms with Gasteiger partial charge in [-0.2, -0.15) is 8.42 Å². The molecule has 4 saturated carbocycles. The third kappa shape index (κ3) is 30.7. The molecule has 0 amide bonds. The van der Waals surface area contributed by atoms with E-state index in [0.29, 0.717) is 43.1 Å². The van der Waals surface area contributed by atoms with Crippen LogP contribution >= 0.6 is 27.5 Å². The van der Waals surface area contributed by atoms with Gasteiger partial charge in [-0.05, 0) is 213 Å². The number of ketones is 2. The Labute approximate surface area is 566 Å². The number of rotatable bonds is 13. The summed E-state index contributed by atoms with van der Waals surface area (Å²) in [4.78, 5) is 101. The summed E-state index contributed by atoms with van der Waals surface area (Å²) in [5, 5.41) is 20.6. The van der Waals surface area contributed by atoms with Crippen molar-refractivity contribution in [3.05, 3.63) is 48.6 Å². The molecule has 0 aromatic carbocycles. The molecule has 1 aliphatic heterocycles. The quantitative estimate of drug-likeness (QED) is 0.0448. The van der Waals surface area contributed by atoms with Gasteiger partial charge in [0.2, 0.25) is 0 Å². The number of alkyl halides is 2. The smallest absolute Gasteiger partial charge is 0.545 e. The standard InChI is InChI=1S/C18H30O5.C14H20O4.C11H16O3.C7H13BrO2.C7H11ClO.C4H6O2.CH4O3S.Na.Zn/c1-12(2)14(19)23-18(10-8-9-11-18)17(7,21)13(3)15(20)22-16(4,5)6;1-9(2)11(15)17-13(4)10(3)12(16)18-14(13)7-5-6-8-14;1-8(2)10(13)14-11(9(3)12)6-4-5-7-11;1-5(8)6(9)10-7(2,3)4;1-6(9)7(8)4-2-3-5-7;1-3(2)4(5)6;1-5(2,3)4;;/h13,21H,1,8-11H2,2-7H3;10H,1,5-8H2,2-4H3;1,4-7H2,2-3H3;5H,1-4H3;2-5H2,1H3;1H2,2H3,(H,5,6);1H3,(H,2,3,4);;/q;;;;;;;+1;/p-1. The second-order valence-electron chi connectivity index (χ2n) is 25.0. The molecular formula is C62H99BrClNaO20SZn. The summed E-state index contributed by atoms with van der Waals surface area (Å²) >= 11 is 9.07. The van der Waals surface area contributed by atoms with Gasteiger partial charge >= 0.3 is 65.4 Å². The van der Waals surface area contributed by atoms with Crippen LogP contribution in [0.4, 0.5) is 0 Å². The average Bonchev–Trinajstić information content (AvgIpc) is 2.11. The zero-order valence-corrected chi connectivity index (χ0v) is 63.6. The van der Waals surface area contributed by atoms with E-state index < -0.39 is 90.3 Å². The molecule has 1 heterocycles. The number of carboxylic acids is 1. The van der Waals surface area contributed by atoms with Crippen LogP contribution in [0.15, 0.2) is 48.6 Å². The molecule has 25 heteroatoms.